The first kappa shape index (κ1) is 39.4. The van der Waals surface area contributed by atoms with Crippen molar-refractivity contribution in [1.82, 2.24) is 24.1 Å². The molecular weight excluding hydrogens is 697 g/mol. The average Bonchev–Trinajstić information content (AvgIpc) is 3.69. The van der Waals surface area contributed by atoms with Crippen molar-refractivity contribution in [1.29, 1.82) is 0 Å². The molecule has 12 nitrogen and oxygen atoms in total. The van der Waals surface area contributed by atoms with Crippen LogP contribution in [-0.2, 0) is 18.0 Å². The lowest BCUT2D eigenvalue weighted by atomic mass is 10.1. The van der Waals surface area contributed by atoms with E-state index in [4.69, 9.17) is 28.0 Å². The highest BCUT2D eigenvalue weighted by atomic mass is 28.4. The maximum Gasteiger partial charge on any atom is 0.271 e. The minimum atomic E-state index is -2.38. The number of hydrogen-bond acceptors (Lipinski definition) is 9. The SMILES string of the molecule is CC(C)(C)[Si](C)(C)OC[C@H]1O[C@@H](n2cnc3c(-n4ccc5ccc([N+](=O)[O-])cc54)ncnc32)[C@H](O[Si](C)(C)C(C)(C)C)[C@@H]1O[Si](C)(C)C(C)(C)C. The van der Waals surface area contributed by atoms with Crippen molar-refractivity contribution >= 4 is 52.7 Å². The summed E-state index contributed by atoms with van der Waals surface area (Å²) < 4.78 is 32.4. The Labute approximate surface area is 305 Å². The van der Waals surface area contributed by atoms with Crippen LogP contribution in [0.4, 0.5) is 5.69 Å². The van der Waals surface area contributed by atoms with Crippen molar-refractivity contribution in [3.63, 3.8) is 0 Å². The predicted molar refractivity (Wildman–Crippen MR) is 210 cm³/mol. The third kappa shape index (κ3) is 7.53. The molecule has 51 heavy (non-hydrogen) atoms. The summed E-state index contributed by atoms with van der Waals surface area (Å²) >= 11 is 0. The van der Waals surface area contributed by atoms with Crippen molar-refractivity contribution < 1.29 is 22.9 Å². The number of nitrogens with zero attached hydrogens (tertiary/aromatic N) is 6. The van der Waals surface area contributed by atoms with E-state index in [2.05, 4.69) is 107 Å². The van der Waals surface area contributed by atoms with Crippen LogP contribution in [-0.4, -0.2) is 78.9 Å². The van der Waals surface area contributed by atoms with E-state index in [1.54, 1.807) is 18.5 Å². The predicted octanol–water partition coefficient (Wildman–Crippen LogP) is 9.38. The van der Waals surface area contributed by atoms with Crippen LogP contribution in [0.5, 0.6) is 0 Å². The Morgan fingerprint density at radius 3 is 1.98 bits per heavy atom. The Hall–Kier alpha value is -2.80. The van der Waals surface area contributed by atoms with Crippen molar-refractivity contribution in [2.24, 2.45) is 0 Å². The highest BCUT2D eigenvalue weighted by molar-refractivity contribution is 6.75. The van der Waals surface area contributed by atoms with E-state index >= 15 is 0 Å². The van der Waals surface area contributed by atoms with Crippen LogP contribution >= 0.6 is 0 Å². The van der Waals surface area contributed by atoms with Crippen LogP contribution in [0.2, 0.25) is 54.4 Å². The van der Waals surface area contributed by atoms with Gasteiger partial charge in [-0.2, -0.15) is 0 Å². The fourth-order valence-electron chi connectivity index (χ4n) is 5.49. The molecule has 0 N–H and O–H groups in total. The molecular formula is C36H58N6O6Si3. The van der Waals surface area contributed by atoms with Gasteiger partial charge < -0.3 is 18.0 Å². The Balaban J connectivity index is 1.65. The molecule has 1 aliphatic rings. The number of hydrogen-bond donors (Lipinski definition) is 0. The maximum atomic E-state index is 11.6. The zero-order valence-electron chi connectivity index (χ0n) is 33.2. The lowest BCUT2D eigenvalue weighted by molar-refractivity contribution is -0.384. The number of non-ortho nitro benzene ring substituents is 1. The number of benzene rings is 1. The van der Waals surface area contributed by atoms with Gasteiger partial charge in [-0.3, -0.25) is 19.2 Å². The summed E-state index contributed by atoms with van der Waals surface area (Å²) in [6.45, 7) is 34.1. The fraction of sp³-hybridized carbons (Fsp3) is 0.639. The Kier molecular flexibility index (Phi) is 10.2. The van der Waals surface area contributed by atoms with E-state index < -0.39 is 54.4 Å². The fourth-order valence-corrected chi connectivity index (χ4v) is 9.11. The van der Waals surface area contributed by atoms with E-state index in [0.29, 0.717) is 29.1 Å². The number of imidazole rings is 1. The molecule has 0 radical (unpaired) electrons. The van der Waals surface area contributed by atoms with E-state index in [1.807, 2.05) is 21.4 Å². The van der Waals surface area contributed by atoms with Gasteiger partial charge in [-0.1, -0.05) is 62.3 Å². The highest BCUT2D eigenvalue weighted by Gasteiger charge is 2.55. The summed E-state index contributed by atoms with van der Waals surface area (Å²) in [7, 11) is -6.85. The van der Waals surface area contributed by atoms with Crippen LogP contribution in [0, 0.1) is 10.1 Å². The number of rotatable bonds is 10. The highest BCUT2D eigenvalue weighted by Crippen LogP contribution is 2.47. The smallest absolute Gasteiger partial charge is 0.271 e. The molecule has 0 aliphatic carbocycles. The quantitative estimate of drug-likeness (QED) is 0.0884. The summed E-state index contributed by atoms with van der Waals surface area (Å²) in [5.74, 6) is 0.515. The van der Waals surface area contributed by atoms with E-state index in [-0.39, 0.29) is 20.8 Å². The second-order valence-electron chi connectivity index (χ2n) is 18.5. The molecule has 280 valence electrons. The normalized spacial score (nSPS) is 21.2. The van der Waals surface area contributed by atoms with Crippen molar-refractivity contribution in [3.05, 3.63) is 53.2 Å². The third-order valence-corrected chi connectivity index (χ3v) is 25.4. The number of fused-ring (bicyclic) bond motifs is 2. The molecule has 0 unspecified atom stereocenters. The number of ether oxygens (including phenoxy) is 1. The molecule has 0 spiro atoms. The van der Waals surface area contributed by atoms with E-state index in [0.717, 1.165) is 5.39 Å². The van der Waals surface area contributed by atoms with Gasteiger partial charge in [0.1, 0.15) is 24.6 Å². The third-order valence-electron chi connectivity index (χ3n) is 11.9. The van der Waals surface area contributed by atoms with Crippen LogP contribution in [0.25, 0.3) is 27.9 Å². The van der Waals surface area contributed by atoms with Gasteiger partial charge in [0.2, 0.25) is 0 Å². The first-order valence-corrected chi connectivity index (χ1v) is 26.6. The summed E-state index contributed by atoms with van der Waals surface area (Å²) in [5.41, 5.74) is 1.76. The number of nitro benzene ring substituents is 1. The monoisotopic (exact) mass is 754 g/mol. The zero-order chi connectivity index (χ0) is 38.1. The lowest BCUT2D eigenvalue weighted by Gasteiger charge is -2.44. The lowest BCUT2D eigenvalue weighted by Crippen LogP contribution is -2.54. The van der Waals surface area contributed by atoms with Gasteiger partial charge in [-0.25, -0.2) is 15.0 Å². The van der Waals surface area contributed by atoms with Crippen LogP contribution in [0.1, 0.15) is 68.5 Å². The second kappa shape index (κ2) is 13.2. The molecule has 1 fully saturated rings. The topological polar surface area (TPSA) is 129 Å². The van der Waals surface area contributed by atoms with Gasteiger partial charge in [0.25, 0.3) is 5.69 Å². The molecule has 5 rings (SSSR count). The zero-order valence-corrected chi connectivity index (χ0v) is 36.2. The molecule has 0 bridgehead atoms. The minimum absolute atomic E-state index is 0.00184. The van der Waals surface area contributed by atoms with Crippen LogP contribution in [0.15, 0.2) is 43.1 Å². The number of aromatic nitrogens is 5. The summed E-state index contributed by atoms with van der Waals surface area (Å²) in [4.78, 5) is 25.4. The van der Waals surface area contributed by atoms with E-state index in [9.17, 15) is 10.1 Å². The Morgan fingerprint density at radius 1 is 0.824 bits per heavy atom. The average molecular weight is 755 g/mol. The Bertz CT molecular complexity index is 1900. The van der Waals surface area contributed by atoms with Crippen LogP contribution in [0.3, 0.4) is 0 Å². The van der Waals surface area contributed by atoms with Crippen molar-refractivity contribution in [2.75, 3.05) is 6.61 Å². The molecule has 1 saturated heterocycles. The first-order chi connectivity index (χ1) is 23.3. The largest absolute Gasteiger partial charge is 0.414 e. The van der Waals surface area contributed by atoms with Gasteiger partial charge in [0, 0.05) is 23.7 Å². The van der Waals surface area contributed by atoms with Crippen LogP contribution < -0.4 is 0 Å². The molecule has 0 saturated carbocycles. The van der Waals surface area contributed by atoms with Gasteiger partial charge in [-0.15, -0.1) is 0 Å². The van der Waals surface area contributed by atoms with E-state index in [1.165, 1.54) is 12.4 Å². The molecule has 4 atom stereocenters. The summed E-state index contributed by atoms with van der Waals surface area (Å²) in [6, 6.07) is 6.71. The standard InChI is InChI=1S/C36H58N6O6Si3/c1-34(2,3)49(10,11)45-21-27-29(47-50(12,13)35(4,5)6)30(48-51(14,15)36(7,8)9)33(46-27)41-23-39-28-31(37-22-38-32(28)41)40-19-18-24-16-17-25(42(43)44)20-26(24)40/h16-20,22-23,27,29-30,33H,21H2,1-15H3/t27-,29-,30-,33-/m1/s1. The van der Waals surface area contributed by atoms with Gasteiger partial charge in [-0.05, 0) is 66.5 Å². The first-order valence-electron chi connectivity index (χ1n) is 17.8. The second-order valence-corrected chi connectivity index (χ2v) is 32.9. The van der Waals surface area contributed by atoms with Gasteiger partial charge in [0.05, 0.1) is 23.4 Å². The Morgan fingerprint density at radius 2 is 1.41 bits per heavy atom. The molecule has 0 amide bonds. The summed E-state index contributed by atoms with van der Waals surface area (Å²) in [5, 5.41) is 12.4. The molecule has 1 aliphatic heterocycles. The molecule has 4 heterocycles. The molecule has 4 aromatic rings. The van der Waals surface area contributed by atoms with Gasteiger partial charge in [0.15, 0.2) is 48.2 Å². The summed E-state index contributed by atoms with van der Waals surface area (Å²) in [6.07, 6.45) is 3.20. The van der Waals surface area contributed by atoms with Crippen molar-refractivity contribution in [2.45, 2.75) is 141 Å². The van der Waals surface area contributed by atoms with Crippen molar-refractivity contribution in [3.8, 4) is 5.82 Å². The molecule has 15 heteroatoms. The number of nitro groups is 1. The molecule has 3 aromatic heterocycles. The minimum Gasteiger partial charge on any atom is -0.414 e. The molecule has 1 aromatic carbocycles. The van der Waals surface area contributed by atoms with Gasteiger partial charge >= 0.3 is 0 Å². The maximum absolute atomic E-state index is 11.6.